The summed E-state index contributed by atoms with van der Waals surface area (Å²) in [7, 11) is 0. The molecular formula is C18H21N3O. The van der Waals surface area contributed by atoms with Crippen LogP contribution in [0.3, 0.4) is 0 Å². The molecule has 0 fully saturated rings. The van der Waals surface area contributed by atoms with Crippen LogP contribution in [-0.2, 0) is 13.0 Å². The van der Waals surface area contributed by atoms with Crippen molar-refractivity contribution in [2.75, 3.05) is 12.3 Å². The Bertz CT molecular complexity index is 747. The van der Waals surface area contributed by atoms with Gasteiger partial charge in [-0.15, -0.1) is 0 Å². The number of aromatic nitrogens is 2. The molecule has 4 heteroatoms. The van der Waals surface area contributed by atoms with Gasteiger partial charge in [0.25, 0.3) is 0 Å². The molecule has 4 nitrogen and oxygen atoms in total. The molecule has 0 aliphatic heterocycles. The maximum Gasteiger partial charge on any atom is 0.119 e. The van der Waals surface area contributed by atoms with Gasteiger partial charge in [0.05, 0.1) is 18.3 Å². The molecule has 0 atom stereocenters. The van der Waals surface area contributed by atoms with Gasteiger partial charge in [0.2, 0.25) is 0 Å². The van der Waals surface area contributed by atoms with Gasteiger partial charge in [-0.1, -0.05) is 19.1 Å². The largest absolute Gasteiger partial charge is 0.494 e. The zero-order chi connectivity index (χ0) is 15.4. The van der Waals surface area contributed by atoms with Crippen molar-refractivity contribution in [2.24, 2.45) is 0 Å². The summed E-state index contributed by atoms with van der Waals surface area (Å²) in [6, 6.07) is 14.1. The lowest BCUT2D eigenvalue weighted by atomic mass is 10.2. The highest BCUT2D eigenvalue weighted by atomic mass is 16.5. The second-order valence-corrected chi connectivity index (χ2v) is 5.39. The summed E-state index contributed by atoms with van der Waals surface area (Å²) < 4.78 is 7.76. The molecule has 3 rings (SSSR count). The maximum atomic E-state index is 5.84. The van der Waals surface area contributed by atoms with Gasteiger partial charge in [-0.05, 0) is 42.3 Å². The van der Waals surface area contributed by atoms with E-state index >= 15 is 0 Å². The first kappa shape index (κ1) is 14.4. The third-order valence-corrected chi connectivity index (χ3v) is 3.78. The molecule has 1 heterocycles. The standard InChI is InChI=1S/C18H21N3O/c1-2-14-4-8-17(9-5-14)22-11-3-10-21-18-12-16(19)7-6-15(18)13-20-21/h4-9,12-13H,2-3,10-11,19H2,1H3. The lowest BCUT2D eigenvalue weighted by molar-refractivity contribution is 0.299. The second kappa shape index (κ2) is 6.52. The van der Waals surface area contributed by atoms with Crippen LogP contribution in [0.15, 0.2) is 48.7 Å². The molecule has 22 heavy (non-hydrogen) atoms. The monoisotopic (exact) mass is 295 g/mol. The zero-order valence-electron chi connectivity index (χ0n) is 12.8. The molecule has 1 aromatic heterocycles. The molecule has 0 saturated heterocycles. The first-order valence-electron chi connectivity index (χ1n) is 7.69. The summed E-state index contributed by atoms with van der Waals surface area (Å²) in [5, 5.41) is 5.53. The maximum absolute atomic E-state index is 5.84. The molecule has 0 spiro atoms. The van der Waals surface area contributed by atoms with E-state index in [4.69, 9.17) is 10.5 Å². The van der Waals surface area contributed by atoms with Gasteiger partial charge in [-0.25, -0.2) is 0 Å². The molecule has 3 aromatic rings. The number of ether oxygens (including phenoxy) is 1. The van der Waals surface area contributed by atoms with Crippen LogP contribution in [0, 0.1) is 0 Å². The van der Waals surface area contributed by atoms with Crippen molar-refractivity contribution in [3.8, 4) is 5.75 Å². The van der Waals surface area contributed by atoms with E-state index in [9.17, 15) is 0 Å². The summed E-state index contributed by atoms with van der Waals surface area (Å²) in [5.41, 5.74) is 9.01. The van der Waals surface area contributed by atoms with Gasteiger partial charge in [0.15, 0.2) is 0 Å². The van der Waals surface area contributed by atoms with Gasteiger partial charge < -0.3 is 10.5 Å². The van der Waals surface area contributed by atoms with E-state index in [1.54, 1.807) is 0 Å². The first-order valence-corrected chi connectivity index (χ1v) is 7.69. The quantitative estimate of drug-likeness (QED) is 0.558. The summed E-state index contributed by atoms with van der Waals surface area (Å²) >= 11 is 0. The third kappa shape index (κ3) is 3.22. The molecule has 0 unspecified atom stereocenters. The van der Waals surface area contributed by atoms with Gasteiger partial charge in [-0.2, -0.15) is 5.10 Å². The number of fused-ring (bicyclic) bond motifs is 1. The van der Waals surface area contributed by atoms with Crippen LogP contribution < -0.4 is 10.5 Å². The van der Waals surface area contributed by atoms with Crippen molar-refractivity contribution in [3.05, 3.63) is 54.2 Å². The normalized spacial score (nSPS) is 11.0. The van der Waals surface area contributed by atoms with Crippen LogP contribution in [0.4, 0.5) is 5.69 Å². The highest BCUT2D eigenvalue weighted by Gasteiger charge is 2.03. The molecule has 0 radical (unpaired) electrons. The van der Waals surface area contributed by atoms with E-state index in [0.717, 1.165) is 41.7 Å². The van der Waals surface area contributed by atoms with Crippen molar-refractivity contribution in [1.29, 1.82) is 0 Å². The third-order valence-electron chi connectivity index (χ3n) is 3.78. The molecule has 0 bridgehead atoms. The van der Waals surface area contributed by atoms with Gasteiger partial charge in [0, 0.05) is 24.0 Å². The molecule has 2 N–H and O–H groups in total. The van der Waals surface area contributed by atoms with Gasteiger partial charge in [0.1, 0.15) is 5.75 Å². The molecule has 2 aromatic carbocycles. The number of nitrogens with zero attached hydrogens (tertiary/aromatic N) is 2. The van der Waals surface area contributed by atoms with Crippen molar-refractivity contribution < 1.29 is 4.74 Å². The Morgan fingerprint density at radius 3 is 2.73 bits per heavy atom. The second-order valence-electron chi connectivity index (χ2n) is 5.39. The van der Waals surface area contributed by atoms with Crippen LogP contribution in [0.2, 0.25) is 0 Å². The van der Waals surface area contributed by atoms with Crippen LogP contribution in [0.1, 0.15) is 18.9 Å². The van der Waals surface area contributed by atoms with Crippen LogP contribution in [0.25, 0.3) is 10.9 Å². The number of anilines is 1. The molecule has 0 saturated carbocycles. The van der Waals surface area contributed by atoms with E-state index in [-0.39, 0.29) is 0 Å². The topological polar surface area (TPSA) is 53.1 Å². The molecule has 0 amide bonds. The predicted octanol–water partition coefficient (Wildman–Crippen LogP) is 3.65. The average Bonchev–Trinajstić information content (AvgIpc) is 2.94. The van der Waals surface area contributed by atoms with Crippen LogP contribution in [0.5, 0.6) is 5.75 Å². The SMILES string of the molecule is CCc1ccc(OCCCn2ncc3ccc(N)cc32)cc1. The predicted molar refractivity (Wildman–Crippen MR) is 90.1 cm³/mol. The molecule has 114 valence electrons. The number of nitrogen functional groups attached to an aromatic ring is 1. The fourth-order valence-electron chi connectivity index (χ4n) is 2.49. The Morgan fingerprint density at radius 2 is 1.95 bits per heavy atom. The number of aryl methyl sites for hydroxylation is 2. The lowest BCUT2D eigenvalue weighted by Gasteiger charge is -2.08. The van der Waals surface area contributed by atoms with Gasteiger partial charge in [-0.3, -0.25) is 4.68 Å². The van der Waals surface area contributed by atoms with Crippen LogP contribution in [-0.4, -0.2) is 16.4 Å². The van der Waals surface area contributed by atoms with Crippen molar-refractivity contribution in [2.45, 2.75) is 26.3 Å². The Morgan fingerprint density at radius 1 is 1.14 bits per heavy atom. The van der Waals surface area contributed by atoms with E-state index in [0.29, 0.717) is 6.61 Å². The highest BCUT2D eigenvalue weighted by molar-refractivity contribution is 5.81. The average molecular weight is 295 g/mol. The Labute approximate surface area is 130 Å². The number of rotatable bonds is 6. The van der Waals surface area contributed by atoms with E-state index in [2.05, 4.69) is 24.2 Å². The minimum absolute atomic E-state index is 0.676. The Hall–Kier alpha value is -2.49. The minimum atomic E-state index is 0.676. The van der Waals surface area contributed by atoms with E-state index in [1.165, 1.54) is 5.56 Å². The molecule has 0 aliphatic carbocycles. The minimum Gasteiger partial charge on any atom is -0.494 e. The zero-order valence-corrected chi connectivity index (χ0v) is 12.8. The smallest absolute Gasteiger partial charge is 0.119 e. The Kier molecular flexibility index (Phi) is 4.28. The number of hydrogen-bond donors (Lipinski definition) is 1. The Balaban J connectivity index is 1.54. The summed E-state index contributed by atoms with van der Waals surface area (Å²) in [6.07, 6.45) is 3.83. The summed E-state index contributed by atoms with van der Waals surface area (Å²) in [6.45, 7) is 3.65. The number of nitrogens with two attached hydrogens (primary N) is 1. The molecule has 0 aliphatic rings. The fourth-order valence-corrected chi connectivity index (χ4v) is 2.49. The number of hydrogen-bond acceptors (Lipinski definition) is 3. The van der Waals surface area contributed by atoms with E-state index < -0.39 is 0 Å². The van der Waals surface area contributed by atoms with Crippen LogP contribution >= 0.6 is 0 Å². The summed E-state index contributed by atoms with van der Waals surface area (Å²) in [4.78, 5) is 0. The fraction of sp³-hybridized carbons (Fsp3) is 0.278. The number of benzene rings is 2. The lowest BCUT2D eigenvalue weighted by Crippen LogP contribution is -2.05. The van der Waals surface area contributed by atoms with Crippen molar-refractivity contribution >= 4 is 16.6 Å². The van der Waals surface area contributed by atoms with E-state index in [1.807, 2.05) is 41.2 Å². The molecular weight excluding hydrogens is 274 g/mol. The first-order chi connectivity index (χ1) is 10.8. The van der Waals surface area contributed by atoms with Gasteiger partial charge >= 0.3 is 0 Å². The summed E-state index contributed by atoms with van der Waals surface area (Å²) in [5.74, 6) is 0.923. The highest BCUT2D eigenvalue weighted by Crippen LogP contribution is 2.17. The van der Waals surface area contributed by atoms with Crippen molar-refractivity contribution in [1.82, 2.24) is 9.78 Å². The van der Waals surface area contributed by atoms with Crippen molar-refractivity contribution in [3.63, 3.8) is 0 Å².